The van der Waals surface area contributed by atoms with Crippen LogP contribution in [0.15, 0.2) is 42.0 Å². The first kappa shape index (κ1) is 20.1. The van der Waals surface area contributed by atoms with Gasteiger partial charge in [0.25, 0.3) is 0 Å². The summed E-state index contributed by atoms with van der Waals surface area (Å²) >= 11 is 0. The van der Waals surface area contributed by atoms with Crippen molar-refractivity contribution in [2.75, 3.05) is 18.7 Å². The van der Waals surface area contributed by atoms with Gasteiger partial charge in [-0.25, -0.2) is 0 Å². The number of hydrogen-bond acceptors (Lipinski definition) is 4. The lowest BCUT2D eigenvalue weighted by molar-refractivity contribution is -0.118. The summed E-state index contributed by atoms with van der Waals surface area (Å²) in [7, 11) is 0. The van der Waals surface area contributed by atoms with Gasteiger partial charge in [0.15, 0.2) is 11.5 Å². The summed E-state index contributed by atoms with van der Waals surface area (Å²) in [6, 6.07) is 12.0. The van der Waals surface area contributed by atoms with Crippen molar-refractivity contribution in [2.24, 2.45) is 5.41 Å². The Morgan fingerprint density at radius 1 is 1.10 bits per heavy atom. The third kappa shape index (κ3) is 3.41. The lowest BCUT2D eigenvalue weighted by Crippen LogP contribution is -2.27. The van der Waals surface area contributed by atoms with Crippen molar-refractivity contribution in [1.82, 2.24) is 0 Å². The highest BCUT2D eigenvalue weighted by Crippen LogP contribution is 2.51. The summed E-state index contributed by atoms with van der Waals surface area (Å²) in [5, 5.41) is 12.8. The largest absolute Gasteiger partial charge is 0.454 e. The van der Waals surface area contributed by atoms with E-state index in [9.17, 15) is 9.90 Å². The van der Waals surface area contributed by atoms with Crippen molar-refractivity contribution < 1.29 is 19.4 Å². The molecule has 2 aromatic carbocycles. The van der Waals surface area contributed by atoms with Gasteiger partial charge in [-0.15, -0.1) is 0 Å². The summed E-state index contributed by atoms with van der Waals surface area (Å²) in [6.45, 7) is 7.01. The van der Waals surface area contributed by atoms with Crippen LogP contribution in [0.1, 0.15) is 56.7 Å². The molecule has 162 valence electrons. The molecule has 3 aliphatic rings. The number of anilines is 1. The summed E-state index contributed by atoms with van der Waals surface area (Å²) < 4.78 is 10.9. The maximum atomic E-state index is 13.3. The molecule has 0 radical (unpaired) electrons. The van der Waals surface area contributed by atoms with Crippen LogP contribution in [0.2, 0.25) is 0 Å². The average Bonchev–Trinajstić information content (AvgIpc) is 3.27. The molecule has 2 aliphatic carbocycles. The molecule has 5 rings (SSSR count). The van der Waals surface area contributed by atoms with Crippen molar-refractivity contribution in [2.45, 2.75) is 51.9 Å². The Hall–Kier alpha value is -2.79. The Morgan fingerprint density at radius 3 is 2.58 bits per heavy atom. The van der Waals surface area contributed by atoms with Crippen LogP contribution in [-0.2, 0) is 16.6 Å². The summed E-state index contributed by atoms with van der Waals surface area (Å²) in [5.41, 5.74) is 6.35. The van der Waals surface area contributed by atoms with Crippen molar-refractivity contribution in [1.29, 1.82) is 0 Å². The minimum absolute atomic E-state index is 0.0213. The Morgan fingerprint density at radius 2 is 1.87 bits per heavy atom. The zero-order chi connectivity index (χ0) is 21.8. The number of amides is 1. The van der Waals surface area contributed by atoms with E-state index in [1.54, 1.807) is 0 Å². The molecular weight excluding hydrogens is 390 g/mol. The second kappa shape index (κ2) is 7.13. The first-order valence-electron chi connectivity index (χ1n) is 11.0. The fourth-order valence-corrected chi connectivity index (χ4v) is 4.88. The Balaban J connectivity index is 1.41. The second-order valence-corrected chi connectivity index (χ2v) is 9.83. The average molecular weight is 420 g/mol. The highest BCUT2D eigenvalue weighted by molar-refractivity contribution is 6.02. The van der Waals surface area contributed by atoms with E-state index in [1.807, 2.05) is 24.3 Å². The van der Waals surface area contributed by atoms with Crippen LogP contribution in [0.25, 0.3) is 5.57 Å². The minimum Gasteiger partial charge on any atom is -0.454 e. The molecule has 0 bridgehead atoms. The first-order valence-corrected chi connectivity index (χ1v) is 11.0. The van der Waals surface area contributed by atoms with Gasteiger partial charge >= 0.3 is 0 Å². The Labute approximate surface area is 183 Å². The topological polar surface area (TPSA) is 67.8 Å². The van der Waals surface area contributed by atoms with Crippen molar-refractivity contribution >= 4 is 17.2 Å². The van der Waals surface area contributed by atoms with E-state index in [2.05, 4.69) is 38.2 Å². The molecule has 1 saturated carbocycles. The molecule has 0 saturated heterocycles. The van der Waals surface area contributed by atoms with Crippen LogP contribution in [0.5, 0.6) is 11.5 Å². The molecule has 0 atom stereocenters. The molecule has 1 fully saturated rings. The molecule has 5 heteroatoms. The standard InChI is InChI=1S/C26H29NO4/c1-25(2,3)21-12-16-4-6-18(14-20(16)19(21)8-11-28)27-24(29)26(9-10-26)17-5-7-22-23(13-17)31-15-30-22/h4-7,13-14,28H,8-12,15H2,1-3H3,(H,27,29). The third-order valence-electron chi connectivity index (χ3n) is 6.80. The van der Waals surface area contributed by atoms with Crippen molar-refractivity contribution in [3.05, 3.63) is 58.7 Å². The van der Waals surface area contributed by atoms with Gasteiger partial charge < -0.3 is 19.9 Å². The highest BCUT2D eigenvalue weighted by Gasteiger charge is 2.51. The van der Waals surface area contributed by atoms with Crippen LogP contribution >= 0.6 is 0 Å². The summed E-state index contributed by atoms with van der Waals surface area (Å²) in [6.07, 6.45) is 3.20. The number of benzene rings is 2. The Bertz CT molecular complexity index is 1090. The maximum Gasteiger partial charge on any atom is 0.235 e. The van der Waals surface area contributed by atoms with Gasteiger partial charge in [0.05, 0.1) is 5.41 Å². The van der Waals surface area contributed by atoms with Crippen LogP contribution < -0.4 is 14.8 Å². The molecule has 5 nitrogen and oxygen atoms in total. The van der Waals surface area contributed by atoms with E-state index < -0.39 is 5.41 Å². The number of rotatable bonds is 5. The van der Waals surface area contributed by atoms with Crippen molar-refractivity contribution in [3.63, 3.8) is 0 Å². The van der Waals surface area contributed by atoms with Crippen LogP contribution in [0.3, 0.4) is 0 Å². The number of nitrogens with one attached hydrogen (secondary N) is 1. The third-order valence-corrected chi connectivity index (χ3v) is 6.80. The lowest BCUT2D eigenvalue weighted by atomic mass is 9.82. The molecular formula is C26H29NO4. The predicted octanol–water partition coefficient (Wildman–Crippen LogP) is 4.82. The second-order valence-electron chi connectivity index (χ2n) is 9.83. The molecule has 31 heavy (non-hydrogen) atoms. The zero-order valence-corrected chi connectivity index (χ0v) is 18.4. The zero-order valence-electron chi connectivity index (χ0n) is 18.4. The molecule has 1 heterocycles. The monoisotopic (exact) mass is 419 g/mol. The summed E-state index contributed by atoms with van der Waals surface area (Å²) in [5.74, 6) is 1.46. The smallest absolute Gasteiger partial charge is 0.235 e. The van der Waals surface area contributed by atoms with E-state index >= 15 is 0 Å². The van der Waals surface area contributed by atoms with Crippen LogP contribution in [0, 0.1) is 5.41 Å². The number of carbonyl (C=O) groups excluding carboxylic acids is 1. The van der Waals surface area contributed by atoms with E-state index in [1.165, 1.54) is 16.7 Å². The predicted molar refractivity (Wildman–Crippen MR) is 120 cm³/mol. The van der Waals surface area contributed by atoms with Gasteiger partial charge in [0.1, 0.15) is 0 Å². The number of fused-ring (bicyclic) bond motifs is 2. The SMILES string of the molecule is CC(C)(C)C1=C(CCO)c2cc(NC(=O)C3(c4ccc5c(c4)OCO5)CC3)ccc2C1. The van der Waals surface area contributed by atoms with Gasteiger partial charge in [-0.3, -0.25) is 4.79 Å². The highest BCUT2D eigenvalue weighted by atomic mass is 16.7. The van der Waals surface area contributed by atoms with Gasteiger partial charge in [0, 0.05) is 12.3 Å². The van der Waals surface area contributed by atoms with E-state index in [-0.39, 0.29) is 24.7 Å². The van der Waals surface area contributed by atoms with Crippen molar-refractivity contribution in [3.8, 4) is 11.5 Å². The minimum atomic E-state index is -0.500. The normalized spacial score (nSPS) is 18.2. The molecule has 0 aromatic heterocycles. The van der Waals surface area contributed by atoms with Crippen LogP contribution in [-0.4, -0.2) is 24.4 Å². The fraction of sp³-hybridized carbons (Fsp3) is 0.423. The van der Waals surface area contributed by atoms with Gasteiger partial charge in [0.2, 0.25) is 12.7 Å². The van der Waals surface area contributed by atoms with E-state index in [0.717, 1.165) is 41.8 Å². The van der Waals surface area contributed by atoms with Gasteiger partial charge in [-0.2, -0.15) is 0 Å². The lowest BCUT2D eigenvalue weighted by Gasteiger charge is -2.22. The fourth-order valence-electron chi connectivity index (χ4n) is 4.88. The number of allylic oxidation sites excluding steroid dienone is 1. The van der Waals surface area contributed by atoms with Gasteiger partial charge in [-0.05, 0) is 77.6 Å². The quantitative estimate of drug-likeness (QED) is 0.729. The first-order chi connectivity index (χ1) is 14.8. The Kier molecular flexibility index (Phi) is 4.63. The molecule has 2 N–H and O–H groups in total. The number of ether oxygens (including phenoxy) is 2. The number of carbonyl (C=O) groups is 1. The number of aliphatic hydroxyl groups is 1. The molecule has 2 aromatic rings. The molecule has 0 unspecified atom stereocenters. The molecule has 1 amide bonds. The molecule has 1 aliphatic heterocycles. The van der Waals surface area contributed by atoms with E-state index in [0.29, 0.717) is 12.2 Å². The maximum absolute atomic E-state index is 13.3. The molecule has 0 spiro atoms. The number of hydrogen-bond donors (Lipinski definition) is 2. The number of aliphatic hydroxyl groups excluding tert-OH is 1. The summed E-state index contributed by atoms with van der Waals surface area (Å²) in [4.78, 5) is 13.3. The van der Waals surface area contributed by atoms with Crippen LogP contribution in [0.4, 0.5) is 5.69 Å². The van der Waals surface area contributed by atoms with Gasteiger partial charge in [-0.1, -0.05) is 38.5 Å². The van der Waals surface area contributed by atoms with E-state index in [4.69, 9.17) is 9.47 Å².